The van der Waals surface area contributed by atoms with E-state index in [0.29, 0.717) is 25.0 Å². The Morgan fingerprint density at radius 2 is 2.05 bits per heavy atom. The zero-order valence-electron chi connectivity index (χ0n) is 12.8. The van der Waals surface area contributed by atoms with Gasteiger partial charge in [-0.15, -0.1) is 0 Å². The molecule has 5 nitrogen and oxygen atoms in total. The Kier molecular flexibility index (Phi) is 4.28. The van der Waals surface area contributed by atoms with Crippen molar-refractivity contribution in [2.75, 3.05) is 18.8 Å². The lowest BCUT2D eigenvalue weighted by Crippen LogP contribution is -2.48. The van der Waals surface area contributed by atoms with Crippen LogP contribution in [0.3, 0.4) is 0 Å². The van der Waals surface area contributed by atoms with Crippen molar-refractivity contribution < 1.29 is 13.2 Å². The van der Waals surface area contributed by atoms with Gasteiger partial charge >= 0.3 is 0 Å². The Hall–Kier alpha value is -0.620. The van der Waals surface area contributed by atoms with Crippen LogP contribution in [0, 0.1) is 17.8 Å². The van der Waals surface area contributed by atoms with E-state index in [1.807, 2.05) is 0 Å². The van der Waals surface area contributed by atoms with E-state index in [1.165, 1.54) is 23.6 Å². The van der Waals surface area contributed by atoms with Gasteiger partial charge in [0.25, 0.3) is 0 Å². The molecule has 1 heterocycles. The highest BCUT2D eigenvalue weighted by Crippen LogP contribution is 2.44. The lowest BCUT2D eigenvalue weighted by molar-refractivity contribution is -0.127. The summed E-state index contributed by atoms with van der Waals surface area (Å²) in [5.41, 5.74) is 0. The minimum absolute atomic E-state index is 0.0727. The van der Waals surface area contributed by atoms with Crippen molar-refractivity contribution in [3.8, 4) is 0 Å². The van der Waals surface area contributed by atoms with Gasteiger partial charge in [0.15, 0.2) is 0 Å². The van der Waals surface area contributed by atoms with E-state index in [4.69, 9.17) is 0 Å². The van der Waals surface area contributed by atoms with Gasteiger partial charge in [-0.25, -0.2) is 12.7 Å². The lowest BCUT2D eigenvalue weighted by atomic mass is 9.93. The normalized spacial score (nSPS) is 36.8. The Bertz CT molecular complexity index is 505. The smallest absolute Gasteiger partial charge is 0.224 e. The van der Waals surface area contributed by atoms with Crippen molar-refractivity contribution in [3.63, 3.8) is 0 Å². The number of amides is 1. The summed E-state index contributed by atoms with van der Waals surface area (Å²) in [6, 6.07) is 0.342. The molecule has 3 aliphatic rings. The standard InChI is InChI=1S/C15H26N2O3S/c1-2-21(19,20)17-7-3-4-13(10-17)15(18)16-14-9-11-5-6-12(14)8-11/h11-14H,2-10H2,1H3,(H,16,18)/t11-,12-,13-,14-/m1/s1. The molecule has 2 saturated carbocycles. The fourth-order valence-electron chi connectivity index (χ4n) is 4.31. The van der Waals surface area contributed by atoms with Gasteiger partial charge in [0, 0.05) is 19.1 Å². The molecule has 3 fully saturated rings. The number of nitrogens with one attached hydrogen (secondary N) is 1. The molecule has 1 saturated heterocycles. The first-order chi connectivity index (χ1) is 9.99. The molecular weight excluding hydrogens is 288 g/mol. The number of hydrogen-bond donors (Lipinski definition) is 1. The average Bonchev–Trinajstić information content (AvgIpc) is 3.10. The van der Waals surface area contributed by atoms with Crippen LogP contribution in [0.1, 0.15) is 45.4 Å². The summed E-state index contributed by atoms with van der Waals surface area (Å²) in [5, 5.41) is 3.21. The maximum atomic E-state index is 12.5. The van der Waals surface area contributed by atoms with Crippen molar-refractivity contribution in [3.05, 3.63) is 0 Å². The van der Waals surface area contributed by atoms with Gasteiger partial charge in [0.05, 0.1) is 11.7 Å². The highest BCUT2D eigenvalue weighted by Gasteiger charge is 2.41. The SMILES string of the molecule is CCS(=O)(=O)N1CCC[C@@H](C(=O)N[C@@H]2C[C@@H]3CC[C@@H]2C3)C1. The molecule has 0 aromatic rings. The Balaban J connectivity index is 1.57. The second-order valence-corrected chi connectivity index (χ2v) is 9.15. The Morgan fingerprint density at radius 1 is 1.24 bits per heavy atom. The largest absolute Gasteiger partial charge is 0.353 e. The third-order valence-corrected chi connectivity index (χ3v) is 7.43. The summed E-state index contributed by atoms with van der Waals surface area (Å²) in [6.45, 7) is 2.59. The summed E-state index contributed by atoms with van der Waals surface area (Å²) in [6.07, 6.45) is 6.56. The quantitative estimate of drug-likeness (QED) is 0.852. The highest BCUT2D eigenvalue weighted by atomic mass is 32.2. The first-order valence-corrected chi connectivity index (χ1v) is 9.88. The molecule has 21 heavy (non-hydrogen) atoms. The van der Waals surface area contributed by atoms with Crippen LogP contribution < -0.4 is 5.32 Å². The van der Waals surface area contributed by atoms with Crippen molar-refractivity contribution in [2.24, 2.45) is 17.8 Å². The minimum Gasteiger partial charge on any atom is -0.353 e. The fourth-order valence-corrected chi connectivity index (χ4v) is 5.49. The number of fused-ring (bicyclic) bond motifs is 2. The van der Waals surface area contributed by atoms with Crippen LogP contribution in [-0.2, 0) is 14.8 Å². The van der Waals surface area contributed by atoms with Crippen molar-refractivity contribution >= 4 is 15.9 Å². The monoisotopic (exact) mass is 314 g/mol. The predicted molar refractivity (Wildman–Crippen MR) is 81.1 cm³/mol. The molecule has 120 valence electrons. The molecule has 1 amide bonds. The van der Waals surface area contributed by atoms with E-state index in [1.54, 1.807) is 6.92 Å². The van der Waals surface area contributed by atoms with Crippen molar-refractivity contribution in [1.82, 2.24) is 9.62 Å². The van der Waals surface area contributed by atoms with Gasteiger partial charge in [-0.2, -0.15) is 0 Å². The van der Waals surface area contributed by atoms with Gasteiger partial charge < -0.3 is 5.32 Å². The fraction of sp³-hybridized carbons (Fsp3) is 0.933. The first-order valence-electron chi connectivity index (χ1n) is 8.27. The third-order valence-electron chi connectivity index (χ3n) is 5.58. The van der Waals surface area contributed by atoms with Crippen molar-refractivity contribution in [1.29, 1.82) is 0 Å². The number of piperidine rings is 1. The van der Waals surface area contributed by atoms with Gasteiger partial charge in [-0.1, -0.05) is 6.42 Å². The minimum atomic E-state index is -3.17. The zero-order valence-corrected chi connectivity index (χ0v) is 13.6. The van der Waals surface area contributed by atoms with E-state index in [0.717, 1.165) is 25.2 Å². The van der Waals surface area contributed by atoms with E-state index in [9.17, 15) is 13.2 Å². The van der Waals surface area contributed by atoms with E-state index in [2.05, 4.69) is 5.32 Å². The molecule has 0 spiro atoms. The average molecular weight is 314 g/mol. The van der Waals surface area contributed by atoms with Crippen LogP contribution >= 0.6 is 0 Å². The second-order valence-electron chi connectivity index (χ2n) is 6.89. The molecular formula is C15H26N2O3S. The molecule has 4 atom stereocenters. The molecule has 2 bridgehead atoms. The molecule has 1 aliphatic heterocycles. The highest BCUT2D eigenvalue weighted by molar-refractivity contribution is 7.89. The number of nitrogens with zero attached hydrogens (tertiary/aromatic N) is 1. The molecule has 0 aromatic carbocycles. The van der Waals surface area contributed by atoms with Gasteiger partial charge in [-0.05, 0) is 50.9 Å². The number of carbonyl (C=O) groups excluding carboxylic acids is 1. The predicted octanol–water partition coefficient (Wildman–Crippen LogP) is 1.35. The van der Waals surface area contributed by atoms with Crippen LogP contribution in [0.15, 0.2) is 0 Å². The van der Waals surface area contributed by atoms with Crippen LogP contribution in [-0.4, -0.2) is 43.5 Å². The number of hydrogen-bond acceptors (Lipinski definition) is 3. The topological polar surface area (TPSA) is 66.5 Å². The maximum absolute atomic E-state index is 12.5. The number of carbonyl (C=O) groups is 1. The molecule has 0 aromatic heterocycles. The third kappa shape index (κ3) is 3.11. The number of sulfonamides is 1. The summed E-state index contributed by atoms with van der Waals surface area (Å²) in [5.74, 6) is 1.50. The van der Waals surface area contributed by atoms with Crippen LogP contribution in [0.5, 0.6) is 0 Å². The number of rotatable bonds is 4. The summed E-state index contributed by atoms with van der Waals surface area (Å²) >= 11 is 0. The van der Waals surface area contributed by atoms with Crippen molar-refractivity contribution in [2.45, 2.75) is 51.5 Å². The van der Waals surface area contributed by atoms with Crippen LogP contribution in [0.2, 0.25) is 0 Å². The summed E-state index contributed by atoms with van der Waals surface area (Å²) in [7, 11) is -3.17. The molecule has 6 heteroatoms. The van der Waals surface area contributed by atoms with Gasteiger partial charge in [0.1, 0.15) is 0 Å². The maximum Gasteiger partial charge on any atom is 0.224 e. The molecule has 0 radical (unpaired) electrons. The zero-order chi connectivity index (χ0) is 15.0. The Morgan fingerprint density at radius 3 is 2.67 bits per heavy atom. The molecule has 2 aliphatic carbocycles. The van der Waals surface area contributed by atoms with E-state index in [-0.39, 0.29) is 17.6 Å². The van der Waals surface area contributed by atoms with E-state index >= 15 is 0 Å². The first kappa shape index (κ1) is 15.3. The molecule has 1 N–H and O–H groups in total. The van der Waals surface area contributed by atoms with Gasteiger partial charge in [0.2, 0.25) is 15.9 Å². The Labute approximate surface area is 127 Å². The van der Waals surface area contributed by atoms with Gasteiger partial charge in [-0.3, -0.25) is 4.79 Å². The van der Waals surface area contributed by atoms with E-state index < -0.39 is 10.0 Å². The van der Waals surface area contributed by atoms with Crippen LogP contribution in [0.4, 0.5) is 0 Å². The summed E-state index contributed by atoms with van der Waals surface area (Å²) < 4.78 is 25.4. The summed E-state index contributed by atoms with van der Waals surface area (Å²) in [4.78, 5) is 12.5. The molecule has 3 rings (SSSR count). The lowest BCUT2D eigenvalue weighted by Gasteiger charge is -2.32. The second kappa shape index (κ2) is 5.88. The molecule has 0 unspecified atom stereocenters. The van der Waals surface area contributed by atoms with Crippen LogP contribution in [0.25, 0.3) is 0 Å².